The maximum atomic E-state index is 4.01. The van der Waals surface area contributed by atoms with E-state index in [1.165, 1.54) is 22.3 Å². The molecule has 3 rings (SSSR count). The molecule has 24 heavy (non-hydrogen) atoms. The Morgan fingerprint density at radius 2 is 1.21 bits per heavy atom. The Morgan fingerprint density at radius 3 is 1.83 bits per heavy atom. The van der Waals surface area contributed by atoms with Crippen LogP contribution in [0.4, 0.5) is 0 Å². The van der Waals surface area contributed by atoms with Gasteiger partial charge in [0.05, 0.1) is 0 Å². The molecule has 0 saturated heterocycles. The highest BCUT2D eigenvalue weighted by molar-refractivity contribution is 5.89. The lowest BCUT2D eigenvalue weighted by atomic mass is 9.90. The minimum atomic E-state index is 1.10. The van der Waals surface area contributed by atoms with Crippen molar-refractivity contribution >= 4 is 24.3 Å². The fourth-order valence-corrected chi connectivity index (χ4v) is 2.87. The van der Waals surface area contributed by atoms with Crippen LogP contribution in [0.3, 0.4) is 0 Å². The Balaban J connectivity index is 2.17. The highest BCUT2D eigenvalue weighted by Gasteiger charge is 2.10. The van der Waals surface area contributed by atoms with E-state index < -0.39 is 0 Å². The zero-order chi connectivity index (χ0) is 16.8. The Bertz CT molecular complexity index is 869. The second-order valence-corrected chi connectivity index (χ2v) is 5.55. The number of hydrogen-bond acceptors (Lipinski definition) is 0. The number of benzene rings is 3. The molecule has 0 aliphatic heterocycles. The van der Waals surface area contributed by atoms with Crippen LogP contribution < -0.4 is 0 Å². The van der Waals surface area contributed by atoms with Gasteiger partial charge < -0.3 is 0 Å². The predicted octanol–water partition coefficient (Wildman–Crippen LogP) is 6.81. The van der Waals surface area contributed by atoms with Crippen molar-refractivity contribution in [2.24, 2.45) is 0 Å². The average Bonchev–Trinajstić information content (AvgIpc) is 2.67. The van der Waals surface area contributed by atoms with Crippen LogP contribution in [0.15, 0.2) is 86.0 Å². The normalized spacial score (nSPS) is 10.7. The standard InChI is InChI=1S/C24H20/c1-3-20-17-18-22(16-15-19-11-7-5-8-12-19)24(23(20)4-2)21-13-9-6-10-14-21/h3-18H,1-2H2. The van der Waals surface area contributed by atoms with Crippen LogP contribution in [0.5, 0.6) is 0 Å². The molecule has 0 N–H and O–H groups in total. The van der Waals surface area contributed by atoms with Crippen molar-refractivity contribution in [2.45, 2.75) is 0 Å². The summed E-state index contributed by atoms with van der Waals surface area (Å²) in [5, 5.41) is 0. The zero-order valence-corrected chi connectivity index (χ0v) is 13.7. The van der Waals surface area contributed by atoms with E-state index in [0.717, 1.165) is 11.1 Å². The van der Waals surface area contributed by atoms with Gasteiger partial charge in [0.25, 0.3) is 0 Å². The molecular weight excluding hydrogens is 288 g/mol. The van der Waals surface area contributed by atoms with E-state index in [9.17, 15) is 0 Å². The zero-order valence-electron chi connectivity index (χ0n) is 13.7. The van der Waals surface area contributed by atoms with Crippen molar-refractivity contribution in [3.63, 3.8) is 0 Å². The van der Waals surface area contributed by atoms with Gasteiger partial charge in [-0.3, -0.25) is 0 Å². The summed E-state index contributed by atoms with van der Waals surface area (Å²) < 4.78 is 0. The van der Waals surface area contributed by atoms with E-state index in [4.69, 9.17) is 0 Å². The second kappa shape index (κ2) is 7.43. The number of rotatable bonds is 5. The van der Waals surface area contributed by atoms with Gasteiger partial charge >= 0.3 is 0 Å². The lowest BCUT2D eigenvalue weighted by Crippen LogP contribution is -1.91. The van der Waals surface area contributed by atoms with Crippen molar-refractivity contribution < 1.29 is 0 Å². The third kappa shape index (κ3) is 3.28. The highest BCUT2D eigenvalue weighted by Crippen LogP contribution is 2.33. The van der Waals surface area contributed by atoms with Crippen LogP contribution in [0.25, 0.3) is 35.4 Å². The van der Waals surface area contributed by atoms with Crippen molar-refractivity contribution in [1.29, 1.82) is 0 Å². The SMILES string of the molecule is C=Cc1ccc(C=Cc2ccccc2)c(-c2ccccc2)c1C=C. The van der Waals surface area contributed by atoms with Crippen LogP contribution in [0.2, 0.25) is 0 Å². The van der Waals surface area contributed by atoms with E-state index >= 15 is 0 Å². The fourth-order valence-electron chi connectivity index (χ4n) is 2.87. The van der Waals surface area contributed by atoms with Gasteiger partial charge in [0.2, 0.25) is 0 Å². The van der Waals surface area contributed by atoms with Gasteiger partial charge in [-0.15, -0.1) is 0 Å². The van der Waals surface area contributed by atoms with E-state index in [2.05, 4.69) is 73.8 Å². The van der Waals surface area contributed by atoms with E-state index in [-0.39, 0.29) is 0 Å². The van der Waals surface area contributed by atoms with Crippen LogP contribution >= 0.6 is 0 Å². The monoisotopic (exact) mass is 308 g/mol. The van der Waals surface area contributed by atoms with E-state index in [1.807, 2.05) is 36.4 Å². The molecule has 0 spiro atoms. The third-order valence-electron chi connectivity index (χ3n) is 4.05. The Hall–Kier alpha value is -3.12. The first-order valence-electron chi connectivity index (χ1n) is 8.04. The molecule has 0 atom stereocenters. The van der Waals surface area contributed by atoms with Gasteiger partial charge in [-0.25, -0.2) is 0 Å². The smallest absolute Gasteiger partial charge is 0.00331 e. The largest absolute Gasteiger partial charge is 0.0984 e. The van der Waals surface area contributed by atoms with Gasteiger partial charge in [0.1, 0.15) is 0 Å². The molecule has 3 aromatic rings. The van der Waals surface area contributed by atoms with Crippen molar-refractivity contribution in [3.05, 3.63) is 108 Å². The third-order valence-corrected chi connectivity index (χ3v) is 4.05. The minimum absolute atomic E-state index is 1.10. The quantitative estimate of drug-likeness (QED) is 0.454. The molecule has 0 aromatic heterocycles. The number of hydrogen-bond donors (Lipinski definition) is 0. The summed E-state index contributed by atoms with van der Waals surface area (Å²) in [5.41, 5.74) is 6.95. The molecule has 0 aliphatic rings. The summed E-state index contributed by atoms with van der Waals surface area (Å²) in [4.78, 5) is 0. The Labute approximate surface area is 144 Å². The van der Waals surface area contributed by atoms with Crippen LogP contribution in [0, 0.1) is 0 Å². The fraction of sp³-hybridized carbons (Fsp3) is 0. The molecule has 0 bridgehead atoms. The lowest BCUT2D eigenvalue weighted by Gasteiger charge is -2.14. The first-order chi connectivity index (χ1) is 11.8. The van der Waals surface area contributed by atoms with E-state index in [0.29, 0.717) is 0 Å². The van der Waals surface area contributed by atoms with Gasteiger partial charge in [-0.05, 0) is 33.4 Å². The summed E-state index contributed by atoms with van der Waals surface area (Å²) in [7, 11) is 0. The first kappa shape index (κ1) is 15.8. The van der Waals surface area contributed by atoms with Gasteiger partial charge in [0.15, 0.2) is 0 Å². The molecule has 0 aliphatic carbocycles. The Morgan fingerprint density at radius 1 is 0.583 bits per heavy atom. The van der Waals surface area contributed by atoms with Crippen molar-refractivity contribution in [1.82, 2.24) is 0 Å². The first-order valence-corrected chi connectivity index (χ1v) is 8.04. The molecule has 0 fully saturated rings. The molecule has 0 heterocycles. The van der Waals surface area contributed by atoms with Crippen molar-refractivity contribution in [3.8, 4) is 11.1 Å². The summed E-state index contributed by atoms with van der Waals surface area (Å²) >= 11 is 0. The topological polar surface area (TPSA) is 0 Å². The molecule has 3 aromatic carbocycles. The molecule has 116 valence electrons. The minimum Gasteiger partial charge on any atom is -0.0984 e. The summed E-state index contributed by atoms with van der Waals surface area (Å²) in [6, 6.07) is 25.0. The molecule has 0 heteroatoms. The van der Waals surface area contributed by atoms with Crippen LogP contribution in [-0.4, -0.2) is 0 Å². The molecule has 0 radical (unpaired) electrons. The lowest BCUT2D eigenvalue weighted by molar-refractivity contribution is 1.54. The molecule has 0 amide bonds. The van der Waals surface area contributed by atoms with Crippen molar-refractivity contribution in [2.75, 3.05) is 0 Å². The molecule has 0 unspecified atom stereocenters. The van der Waals surface area contributed by atoms with Gasteiger partial charge in [-0.1, -0.05) is 110 Å². The second-order valence-electron chi connectivity index (χ2n) is 5.55. The summed E-state index contributed by atoms with van der Waals surface area (Å²) in [6.45, 7) is 7.94. The summed E-state index contributed by atoms with van der Waals surface area (Å²) in [6.07, 6.45) is 8.10. The van der Waals surface area contributed by atoms with Gasteiger partial charge in [-0.2, -0.15) is 0 Å². The summed E-state index contributed by atoms with van der Waals surface area (Å²) in [5.74, 6) is 0. The average molecular weight is 308 g/mol. The molecule has 0 nitrogen and oxygen atoms in total. The van der Waals surface area contributed by atoms with Gasteiger partial charge in [0, 0.05) is 0 Å². The predicted molar refractivity (Wildman–Crippen MR) is 107 cm³/mol. The van der Waals surface area contributed by atoms with Crippen LogP contribution in [0.1, 0.15) is 22.3 Å². The van der Waals surface area contributed by atoms with Crippen LogP contribution in [-0.2, 0) is 0 Å². The molecular formula is C24H20. The van der Waals surface area contributed by atoms with E-state index in [1.54, 1.807) is 0 Å². The highest BCUT2D eigenvalue weighted by atomic mass is 14.1. The maximum Gasteiger partial charge on any atom is -0.00331 e. The Kier molecular flexibility index (Phi) is 4.88. The molecule has 0 saturated carbocycles. The maximum absolute atomic E-state index is 4.01.